The number of amides is 1. The Hall–Kier alpha value is -3.71. The number of anilines is 6. The van der Waals surface area contributed by atoms with Gasteiger partial charge < -0.3 is 45.7 Å². The summed E-state index contributed by atoms with van der Waals surface area (Å²) < 4.78 is 15.0. The van der Waals surface area contributed by atoms with E-state index < -0.39 is 12.6 Å². The molecule has 0 aliphatic rings. The van der Waals surface area contributed by atoms with Gasteiger partial charge in [0, 0.05) is 28.3 Å². The number of hydrogen-bond donors (Lipinski definition) is 6. The molecular formula is C17H30N12O6. The van der Waals surface area contributed by atoms with Crippen LogP contribution in [0, 0.1) is 0 Å². The molecule has 0 aliphatic heterocycles. The predicted octanol–water partition coefficient (Wildman–Crippen LogP) is -1.77. The largest absolute Gasteiger partial charge is 0.376 e. The molecule has 0 saturated carbocycles. The van der Waals surface area contributed by atoms with Gasteiger partial charge in [-0.15, -0.1) is 0 Å². The molecule has 35 heavy (non-hydrogen) atoms. The minimum Gasteiger partial charge on any atom is -0.376 e. The smallest absolute Gasteiger partial charge is 0.240 e. The van der Waals surface area contributed by atoms with Crippen LogP contribution >= 0.6 is 0 Å². The molecule has 2 heterocycles. The molecule has 2 rings (SSSR count). The van der Waals surface area contributed by atoms with Gasteiger partial charge in [0.2, 0.25) is 41.6 Å². The zero-order chi connectivity index (χ0) is 25.6. The average Bonchev–Trinajstić information content (AvgIpc) is 2.84. The number of hydrogen-bond acceptors (Lipinski definition) is 17. The Morgan fingerprint density at radius 1 is 0.743 bits per heavy atom. The van der Waals surface area contributed by atoms with Crippen molar-refractivity contribution in [1.82, 2.24) is 29.9 Å². The minimum absolute atomic E-state index is 0.0446. The molecule has 18 heteroatoms. The van der Waals surface area contributed by atoms with Crippen LogP contribution in [-0.4, -0.2) is 108 Å². The third-order valence-electron chi connectivity index (χ3n) is 3.99. The molecule has 18 nitrogen and oxygen atoms in total. The second kappa shape index (κ2) is 14.5. The number of ether oxygens (including phenoxy) is 3. The number of carbonyl (C=O) groups excluding carboxylic acids is 1. The Morgan fingerprint density at radius 2 is 1.23 bits per heavy atom. The molecule has 194 valence electrons. The maximum absolute atomic E-state index is 11.8. The SMILES string of the molecule is COCNc1nc(NCNc2nc(NCOC)nc(N(CO)C(C)=O)n2)nc(N(CO)COC)n1. The summed E-state index contributed by atoms with van der Waals surface area (Å²) in [6.45, 7) is 0.605. The van der Waals surface area contributed by atoms with Crippen LogP contribution in [0.15, 0.2) is 0 Å². The fourth-order valence-corrected chi connectivity index (χ4v) is 2.40. The summed E-state index contributed by atoms with van der Waals surface area (Å²) in [6.07, 6.45) is 0. The van der Waals surface area contributed by atoms with E-state index in [0.717, 1.165) is 4.90 Å². The Kier molecular flexibility index (Phi) is 11.4. The van der Waals surface area contributed by atoms with Gasteiger partial charge in [0.15, 0.2) is 0 Å². The van der Waals surface area contributed by atoms with Gasteiger partial charge in [-0.3, -0.25) is 14.6 Å². The van der Waals surface area contributed by atoms with Crippen LogP contribution in [0.25, 0.3) is 0 Å². The zero-order valence-corrected chi connectivity index (χ0v) is 19.8. The summed E-state index contributed by atoms with van der Waals surface area (Å²) in [5, 5.41) is 30.6. The Balaban J connectivity index is 2.21. The monoisotopic (exact) mass is 498 g/mol. The lowest BCUT2D eigenvalue weighted by Gasteiger charge is -2.20. The molecule has 0 aliphatic carbocycles. The molecule has 0 aromatic carbocycles. The summed E-state index contributed by atoms with van der Waals surface area (Å²) in [5.74, 6) is 0.182. The van der Waals surface area contributed by atoms with Crippen molar-refractivity contribution in [3.63, 3.8) is 0 Å². The second-order valence-electron chi connectivity index (χ2n) is 6.50. The summed E-state index contributed by atoms with van der Waals surface area (Å²) in [5.41, 5.74) is 0. The molecule has 2 aromatic heterocycles. The van der Waals surface area contributed by atoms with Crippen LogP contribution in [0.2, 0.25) is 0 Å². The van der Waals surface area contributed by atoms with Crippen molar-refractivity contribution in [2.24, 2.45) is 0 Å². The molecular weight excluding hydrogens is 468 g/mol. The average molecular weight is 499 g/mol. The van der Waals surface area contributed by atoms with E-state index in [0.29, 0.717) is 0 Å². The summed E-state index contributed by atoms with van der Waals surface area (Å²) in [7, 11) is 4.46. The third kappa shape index (κ3) is 8.54. The van der Waals surface area contributed by atoms with E-state index in [-0.39, 0.29) is 69.3 Å². The Labute approximate surface area is 201 Å². The van der Waals surface area contributed by atoms with Gasteiger partial charge in [0.05, 0.1) is 6.67 Å². The number of nitrogens with zero attached hydrogens (tertiary/aromatic N) is 8. The van der Waals surface area contributed by atoms with Crippen LogP contribution in [0.1, 0.15) is 6.92 Å². The fourth-order valence-electron chi connectivity index (χ4n) is 2.40. The lowest BCUT2D eigenvalue weighted by molar-refractivity contribution is -0.117. The van der Waals surface area contributed by atoms with Gasteiger partial charge >= 0.3 is 0 Å². The van der Waals surface area contributed by atoms with Crippen molar-refractivity contribution in [2.45, 2.75) is 6.92 Å². The highest BCUT2D eigenvalue weighted by molar-refractivity contribution is 5.89. The van der Waals surface area contributed by atoms with Gasteiger partial charge in [0.25, 0.3) is 0 Å². The van der Waals surface area contributed by atoms with E-state index >= 15 is 0 Å². The molecule has 0 fully saturated rings. The van der Waals surface area contributed by atoms with Crippen molar-refractivity contribution in [3.05, 3.63) is 0 Å². The zero-order valence-electron chi connectivity index (χ0n) is 19.8. The summed E-state index contributed by atoms with van der Waals surface area (Å²) >= 11 is 0. The molecule has 6 N–H and O–H groups in total. The van der Waals surface area contributed by atoms with Crippen LogP contribution < -0.4 is 31.1 Å². The van der Waals surface area contributed by atoms with Crippen LogP contribution in [0.5, 0.6) is 0 Å². The van der Waals surface area contributed by atoms with Crippen molar-refractivity contribution in [1.29, 1.82) is 0 Å². The maximum Gasteiger partial charge on any atom is 0.240 e. The molecule has 2 aromatic rings. The second-order valence-corrected chi connectivity index (χ2v) is 6.50. The van der Waals surface area contributed by atoms with Gasteiger partial charge in [-0.2, -0.15) is 29.9 Å². The van der Waals surface area contributed by atoms with E-state index in [1.165, 1.54) is 33.2 Å². The van der Waals surface area contributed by atoms with E-state index in [4.69, 9.17) is 14.2 Å². The highest BCUT2D eigenvalue weighted by Crippen LogP contribution is 2.15. The topological polar surface area (TPSA) is 217 Å². The van der Waals surface area contributed by atoms with Crippen LogP contribution in [0.3, 0.4) is 0 Å². The number of carbonyl (C=O) groups is 1. The quantitative estimate of drug-likeness (QED) is 0.141. The molecule has 0 saturated heterocycles. The Bertz CT molecular complexity index is 938. The first-order valence-corrected chi connectivity index (χ1v) is 10.1. The van der Waals surface area contributed by atoms with Crippen molar-refractivity contribution >= 4 is 41.6 Å². The molecule has 0 unspecified atom stereocenters. The standard InChI is InChI=1S/C17H30N12O6/c1-11(32)29(9-31)17-26-13(23-15(27-17)21-7-34-3)19-5-18-12-22-14(20-6-33-2)25-16(24-12)28(8-30)10-35-4/h30-31H,5-10H2,1-4H3,(H2,18,20,22,24,25)(H2,19,21,23,26,27). The highest BCUT2D eigenvalue weighted by Gasteiger charge is 2.17. The molecule has 0 bridgehead atoms. The lowest BCUT2D eigenvalue weighted by Crippen LogP contribution is -2.32. The number of methoxy groups -OCH3 is 3. The van der Waals surface area contributed by atoms with Crippen LogP contribution in [-0.2, 0) is 19.0 Å². The van der Waals surface area contributed by atoms with Crippen LogP contribution in [0.4, 0.5) is 35.7 Å². The minimum atomic E-state index is -0.617. The molecule has 0 radical (unpaired) electrons. The number of rotatable bonds is 16. The van der Waals surface area contributed by atoms with E-state index in [9.17, 15) is 15.0 Å². The number of aromatic nitrogens is 6. The predicted molar refractivity (Wildman–Crippen MR) is 124 cm³/mol. The van der Waals surface area contributed by atoms with Gasteiger partial charge in [-0.25, -0.2) is 0 Å². The normalized spacial score (nSPS) is 10.6. The van der Waals surface area contributed by atoms with Gasteiger partial charge in [-0.1, -0.05) is 0 Å². The molecule has 0 spiro atoms. The first-order valence-electron chi connectivity index (χ1n) is 10.1. The Morgan fingerprint density at radius 3 is 1.63 bits per heavy atom. The van der Waals surface area contributed by atoms with Crippen molar-refractivity contribution < 1.29 is 29.2 Å². The lowest BCUT2D eigenvalue weighted by atomic mass is 10.6. The molecule has 1 amide bonds. The number of aliphatic hydroxyl groups excluding tert-OH is 2. The number of aliphatic hydroxyl groups is 2. The summed E-state index contributed by atoms with van der Waals surface area (Å²) in [4.78, 5) is 39.3. The van der Waals surface area contributed by atoms with E-state index in [1.54, 1.807) is 0 Å². The van der Waals surface area contributed by atoms with E-state index in [1.807, 2.05) is 0 Å². The van der Waals surface area contributed by atoms with Gasteiger partial charge in [-0.05, 0) is 0 Å². The first-order chi connectivity index (χ1) is 16.9. The maximum atomic E-state index is 11.8. The molecule has 0 atom stereocenters. The first kappa shape index (κ1) is 27.5. The number of nitrogens with one attached hydrogen (secondary N) is 4. The van der Waals surface area contributed by atoms with Crippen molar-refractivity contribution in [2.75, 3.05) is 92.7 Å². The fraction of sp³-hybridized carbons (Fsp3) is 0.588. The third-order valence-corrected chi connectivity index (χ3v) is 3.99. The summed E-state index contributed by atoms with van der Waals surface area (Å²) in [6, 6.07) is 0. The van der Waals surface area contributed by atoms with E-state index in [2.05, 4.69) is 51.2 Å². The van der Waals surface area contributed by atoms with Gasteiger partial charge in [0.1, 0.15) is 33.7 Å². The van der Waals surface area contributed by atoms with Crippen molar-refractivity contribution in [3.8, 4) is 0 Å². The highest BCUT2D eigenvalue weighted by atomic mass is 16.5.